The molecular weight excluding hydrogens is 246 g/mol. The fourth-order valence-electron chi connectivity index (χ4n) is 2.14. The molecule has 2 aromatic carbocycles. The van der Waals surface area contributed by atoms with Crippen LogP contribution < -0.4 is 4.74 Å². The highest BCUT2D eigenvalue weighted by atomic mass is 16.5. The van der Waals surface area contributed by atoms with Crippen molar-refractivity contribution in [2.75, 3.05) is 0 Å². The Morgan fingerprint density at radius 2 is 1.20 bits per heavy atom. The van der Waals surface area contributed by atoms with E-state index >= 15 is 0 Å². The van der Waals surface area contributed by atoms with Gasteiger partial charge in [0.25, 0.3) is 0 Å². The molecule has 0 bridgehead atoms. The van der Waals surface area contributed by atoms with Crippen LogP contribution in [0, 0.1) is 0 Å². The molecule has 0 saturated carbocycles. The number of benzene rings is 2. The highest BCUT2D eigenvalue weighted by Gasteiger charge is 2.14. The van der Waals surface area contributed by atoms with E-state index in [1.165, 1.54) is 11.1 Å². The van der Waals surface area contributed by atoms with E-state index in [0.717, 1.165) is 17.9 Å². The Morgan fingerprint density at radius 1 is 0.650 bits per heavy atom. The molecule has 0 aliphatic carbocycles. The molecule has 0 N–H and O–H groups in total. The van der Waals surface area contributed by atoms with E-state index in [0.29, 0.717) is 0 Å². The Bertz CT molecular complexity index is 566. The molecule has 0 saturated heterocycles. The summed E-state index contributed by atoms with van der Waals surface area (Å²) in [6.07, 6.45) is 4.48. The maximum Gasteiger partial charge on any atom is 0.130 e. The van der Waals surface area contributed by atoms with Gasteiger partial charge in [-0.25, -0.2) is 0 Å². The summed E-state index contributed by atoms with van der Waals surface area (Å²) < 4.78 is 5.78. The molecule has 2 heterocycles. The highest BCUT2D eigenvalue weighted by molar-refractivity contribution is 5.49. The van der Waals surface area contributed by atoms with Crippen LogP contribution in [0.2, 0.25) is 0 Å². The van der Waals surface area contributed by atoms with Crippen molar-refractivity contribution in [1.29, 1.82) is 0 Å². The average Bonchev–Trinajstić information content (AvgIpc) is 2.55. The van der Waals surface area contributed by atoms with E-state index < -0.39 is 0 Å². The summed E-state index contributed by atoms with van der Waals surface area (Å²) in [4.78, 5) is 3.78. The van der Waals surface area contributed by atoms with Crippen LogP contribution in [0.3, 0.4) is 0 Å². The normalized spacial score (nSPS) is 11.2. The van der Waals surface area contributed by atoms with Crippen molar-refractivity contribution < 1.29 is 4.74 Å². The Balaban J connectivity index is 0.000000170. The molecule has 20 heavy (non-hydrogen) atoms. The Kier molecular flexibility index (Phi) is 3.74. The van der Waals surface area contributed by atoms with Crippen molar-refractivity contribution in [1.82, 2.24) is 4.98 Å². The SMILES string of the molecule is c1ccc2c(c1)Cc1ccccc1O2.c1ccncc1. The van der Waals surface area contributed by atoms with Crippen LogP contribution in [0.15, 0.2) is 79.1 Å². The lowest BCUT2D eigenvalue weighted by Crippen LogP contribution is -2.01. The van der Waals surface area contributed by atoms with E-state index in [1.807, 2.05) is 42.5 Å². The maximum absolute atomic E-state index is 5.78. The third-order valence-electron chi connectivity index (χ3n) is 3.11. The number of para-hydroxylation sites is 2. The van der Waals surface area contributed by atoms with Gasteiger partial charge in [0.05, 0.1) is 0 Å². The second-order valence-electron chi connectivity index (χ2n) is 4.52. The van der Waals surface area contributed by atoms with Gasteiger partial charge in [0.2, 0.25) is 0 Å². The second kappa shape index (κ2) is 6.02. The summed E-state index contributed by atoms with van der Waals surface area (Å²) >= 11 is 0. The van der Waals surface area contributed by atoms with Gasteiger partial charge in [-0.05, 0) is 35.4 Å². The number of hydrogen-bond donors (Lipinski definition) is 0. The van der Waals surface area contributed by atoms with Crippen LogP contribution in [-0.4, -0.2) is 4.98 Å². The summed E-state index contributed by atoms with van der Waals surface area (Å²) in [6.45, 7) is 0. The molecule has 1 aliphatic heterocycles. The average molecular weight is 261 g/mol. The number of hydrogen-bond acceptors (Lipinski definition) is 2. The minimum Gasteiger partial charge on any atom is -0.457 e. The predicted octanol–water partition coefficient (Wildman–Crippen LogP) is 4.46. The van der Waals surface area contributed by atoms with Gasteiger partial charge in [0.1, 0.15) is 11.5 Å². The minimum atomic E-state index is 0.979. The van der Waals surface area contributed by atoms with E-state index in [2.05, 4.69) is 29.2 Å². The number of aromatic nitrogens is 1. The van der Waals surface area contributed by atoms with Gasteiger partial charge in [-0.15, -0.1) is 0 Å². The third-order valence-corrected chi connectivity index (χ3v) is 3.11. The molecule has 1 aliphatic rings. The largest absolute Gasteiger partial charge is 0.457 e. The van der Waals surface area contributed by atoms with Gasteiger partial charge < -0.3 is 4.74 Å². The van der Waals surface area contributed by atoms with Gasteiger partial charge in [0, 0.05) is 18.8 Å². The molecule has 2 nitrogen and oxygen atoms in total. The molecule has 1 aromatic heterocycles. The first-order valence-corrected chi connectivity index (χ1v) is 6.62. The smallest absolute Gasteiger partial charge is 0.130 e. The lowest BCUT2D eigenvalue weighted by atomic mass is 10.0. The Labute approximate surface area is 118 Å². The Hall–Kier alpha value is -2.61. The molecule has 0 fully saturated rings. The van der Waals surface area contributed by atoms with Gasteiger partial charge in [0.15, 0.2) is 0 Å². The lowest BCUT2D eigenvalue weighted by Gasteiger charge is -2.19. The number of pyridine rings is 1. The van der Waals surface area contributed by atoms with Crippen LogP contribution in [0.4, 0.5) is 0 Å². The summed E-state index contributed by atoms with van der Waals surface area (Å²) in [7, 11) is 0. The van der Waals surface area contributed by atoms with E-state index in [1.54, 1.807) is 12.4 Å². The van der Waals surface area contributed by atoms with Gasteiger partial charge >= 0.3 is 0 Å². The fraction of sp³-hybridized carbons (Fsp3) is 0.0556. The minimum absolute atomic E-state index is 0.979. The first-order chi connectivity index (χ1) is 9.93. The monoisotopic (exact) mass is 261 g/mol. The van der Waals surface area contributed by atoms with Crippen molar-refractivity contribution in [3.63, 3.8) is 0 Å². The number of ether oxygens (including phenoxy) is 1. The zero-order valence-electron chi connectivity index (χ0n) is 11.1. The second-order valence-corrected chi connectivity index (χ2v) is 4.52. The van der Waals surface area contributed by atoms with E-state index in [-0.39, 0.29) is 0 Å². The topological polar surface area (TPSA) is 22.1 Å². The van der Waals surface area contributed by atoms with Gasteiger partial charge in [-0.1, -0.05) is 42.5 Å². The molecule has 4 rings (SSSR count). The van der Waals surface area contributed by atoms with Crippen molar-refractivity contribution in [3.05, 3.63) is 90.3 Å². The molecule has 0 radical (unpaired) electrons. The predicted molar refractivity (Wildman–Crippen MR) is 80.0 cm³/mol. The van der Waals surface area contributed by atoms with E-state index in [9.17, 15) is 0 Å². The maximum atomic E-state index is 5.78. The van der Waals surface area contributed by atoms with Crippen LogP contribution in [0.5, 0.6) is 11.5 Å². The van der Waals surface area contributed by atoms with Gasteiger partial charge in [-0.2, -0.15) is 0 Å². The van der Waals surface area contributed by atoms with Crippen molar-refractivity contribution in [3.8, 4) is 11.5 Å². The molecule has 98 valence electrons. The van der Waals surface area contributed by atoms with Crippen molar-refractivity contribution in [2.24, 2.45) is 0 Å². The standard InChI is InChI=1S/C13H10O.C5H5N/c1-3-7-12-10(5-1)9-11-6-2-4-8-13(11)14-12;1-2-4-6-5-3-1/h1-8H,9H2;1-5H. The van der Waals surface area contributed by atoms with Crippen LogP contribution in [0.25, 0.3) is 0 Å². The molecule has 0 atom stereocenters. The first-order valence-electron chi connectivity index (χ1n) is 6.62. The number of fused-ring (bicyclic) bond motifs is 2. The number of rotatable bonds is 0. The molecular formula is C18H15NO. The third kappa shape index (κ3) is 2.86. The van der Waals surface area contributed by atoms with Crippen molar-refractivity contribution in [2.45, 2.75) is 6.42 Å². The summed E-state index contributed by atoms with van der Waals surface area (Å²) in [5.41, 5.74) is 2.54. The molecule has 2 heteroatoms. The number of nitrogens with zero attached hydrogens (tertiary/aromatic N) is 1. The highest BCUT2D eigenvalue weighted by Crippen LogP contribution is 2.35. The lowest BCUT2D eigenvalue weighted by molar-refractivity contribution is 0.460. The quantitative estimate of drug-likeness (QED) is 0.466. The van der Waals surface area contributed by atoms with Crippen LogP contribution in [-0.2, 0) is 6.42 Å². The molecule has 3 aromatic rings. The summed E-state index contributed by atoms with van der Waals surface area (Å²) in [5.74, 6) is 1.98. The van der Waals surface area contributed by atoms with Gasteiger partial charge in [-0.3, -0.25) is 4.98 Å². The van der Waals surface area contributed by atoms with Crippen molar-refractivity contribution >= 4 is 0 Å². The Morgan fingerprint density at radius 3 is 1.65 bits per heavy atom. The zero-order valence-corrected chi connectivity index (χ0v) is 11.1. The molecule has 0 amide bonds. The summed E-state index contributed by atoms with van der Waals surface area (Å²) in [6, 6.07) is 22.1. The molecule has 0 spiro atoms. The first kappa shape index (κ1) is 12.4. The van der Waals surface area contributed by atoms with Crippen LogP contribution >= 0.6 is 0 Å². The van der Waals surface area contributed by atoms with Crippen LogP contribution in [0.1, 0.15) is 11.1 Å². The van der Waals surface area contributed by atoms with E-state index in [4.69, 9.17) is 4.74 Å². The fourth-order valence-corrected chi connectivity index (χ4v) is 2.14. The summed E-state index contributed by atoms with van der Waals surface area (Å²) in [5, 5.41) is 0. The zero-order chi connectivity index (χ0) is 13.6. The molecule has 0 unspecified atom stereocenters.